The highest BCUT2D eigenvalue weighted by Gasteiger charge is 2.33. The number of aryl methyl sites for hydroxylation is 3. The van der Waals surface area contributed by atoms with E-state index in [0.717, 1.165) is 16.7 Å². The van der Waals surface area contributed by atoms with Crippen LogP contribution in [-0.4, -0.2) is 37.5 Å². The minimum Gasteiger partial charge on any atom is -0.368 e. The first-order valence-corrected chi connectivity index (χ1v) is 9.48. The second-order valence-electron chi connectivity index (χ2n) is 7.59. The molecule has 0 radical (unpaired) electrons. The van der Waals surface area contributed by atoms with E-state index in [1.54, 1.807) is 16.6 Å². The van der Waals surface area contributed by atoms with Crippen molar-refractivity contribution in [2.45, 2.75) is 39.3 Å². The lowest BCUT2D eigenvalue weighted by Crippen LogP contribution is -2.51. The summed E-state index contributed by atoms with van der Waals surface area (Å²) < 4.78 is 1.58. The van der Waals surface area contributed by atoms with Crippen LogP contribution in [-0.2, 0) is 36.0 Å². The van der Waals surface area contributed by atoms with Crippen molar-refractivity contribution in [2.24, 2.45) is 12.8 Å². The molecule has 1 aromatic carbocycles. The van der Waals surface area contributed by atoms with Crippen LogP contribution in [0.5, 0.6) is 0 Å². The van der Waals surface area contributed by atoms with Crippen molar-refractivity contribution in [1.82, 2.24) is 19.7 Å². The summed E-state index contributed by atoms with van der Waals surface area (Å²) in [6, 6.07) is 7.07. The molecule has 0 unspecified atom stereocenters. The van der Waals surface area contributed by atoms with E-state index in [9.17, 15) is 14.4 Å². The lowest BCUT2D eigenvalue weighted by atomic mass is 9.92. The summed E-state index contributed by atoms with van der Waals surface area (Å²) in [4.78, 5) is 43.6. The van der Waals surface area contributed by atoms with Gasteiger partial charge in [-0.25, -0.2) is 4.98 Å². The van der Waals surface area contributed by atoms with Gasteiger partial charge in [-0.2, -0.15) is 0 Å². The zero-order valence-electron chi connectivity index (χ0n) is 16.7. The van der Waals surface area contributed by atoms with Crippen LogP contribution >= 0.6 is 0 Å². The summed E-state index contributed by atoms with van der Waals surface area (Å²) in [6.45, 7) is 3.98. The fraction of sp³-hybridized carbons (Fsp3) is 0.333. The number of carbonyl (C=O) groups is 2. The van der Waals surface area contributed by atoms with Gasteiger partial charge in [-0.05, 0) is 36.1 Å². The normalized spacial score (nSPS) is 16.1. The van der Waals surface area contributed by atoms with Gasteiger partial charge in [-0.15, -0.1) is 0 Å². The minimum absolute atomic E-state index is 0.0564. The summed E-state index contributed by atoms with van der Waals surface area (Å²) >= 11 is 0. The maximum absolute atomic E-state index is 13.2. The number of benzene rings is 1. The summed E-state index contributed by atoms with van der Waals surface area (Å²) in [6.07, 6.45) is 0.464. The van der Waals surface area contributed by atoms with Gasteiger partial charge in [0.05, 0.1) is 11.8 Å². The molecule has 0 saturated heterocycles. The summed E-state index contributed by atoms with van der Waals surface area (Å²) in [7, 11) is 1.73. The molecule has 0 aliphatic carbocycles. The Morgan fingerprint density at radius 2 is 1.93 bits per heavy atom. The molecule has 0 bridgehead atoms. The quantitative estimate of drug-likeness (QED) is 0.687. The molecule has 3 aromatic rings. The number of primary amides is 1. The number of nitrogens with two attached hydrogens (primary N) is 1. The Balaban J connectivity index is 1.71. The minimum atomic E-state index is -0.685. The van der Waals surface area contributed by atoms with Crippen LogP contribution < -0.4 is 11.3 Å². The standard InChI is InChI=1S/C21H23N5O3/c1-11-15(12(2)23-20-18(11)21(29)24-25(20)3)9-17(27)26-10-14-7-5-4-6-13(14)8-16(26)19(22)28/h4-7,16H,8-10H2,1-3H3,(H2,22,28)(H,24,29)/t16-/m0/s1. The first kappa shape index (κ1) is 18.9. The molecular weight excluding hydrogens is 370 g/mol. The molecule has 1 atom stereocenters. The molecule has 2 amide bonds. The number of H-pyrrole nitrogens is 1. The number of hydrogen-bond acceptors (Lipinski definition) is 4. The van der Waals surface area contributed by atoms with Gasteiger partial charge < -0.3 is 10.6 Å². The van der Waals surface area contributed by atoms with Gasteiger partial charge >= 0.3 is 0 Å². The molecule has 3 heterocycles. The van der Waals surface area contributed by atoms with Gasteiger partial charge in [0.25, 0.3) is 5.56 Å². The van der Waals surface area contributed by atoms with Crippen LogP contribution in [0.25, 0.3) is 11.0 Å². The maximum atomic E-state index is 13.2. The molecular formula is C21H23N5O3. The van der Waals surface area contributed by atoms with Crippen molar-refractivity contribution < 1.29 is 9.59 Å². The lowest BCUT2D eigenvalue weighted by Gasteiger charge is -2.35. The maximum Gasteiger partial charge on any atom is 0.273 e. The number of nitrogens with zero attached hydrogens (tertiary/aromatic N) is 3. The molecule has 29 heavy (non-hydrogen) atoms. The number of aromatic nitrogens is 3. The van der Waals surface area contributed by atoms with Gasteiger partial charge in [-0.3, -0.25) is 24.2 Å². The number of aromatic amines is 1. The van der Waals surface area contributed by atoms with E-state index in [0.29, 0.717) is 35.3 Å². The van der Waals surface area contributed by atoms with Crippen LogP contribution in [0.3, 0.4) is 0 Å². The third-order valence-corrected chi connectivity index (χ3v) is 5.80. The van der Waals surface area contributed by atoms with Crippen molar-refractivity contribution >= 4 is 22.8 Å². The molecule has 1 aliphatic rings. The highest BCUT2D eigenvalue weighted by Crippen LogP contribution is 2.26. The van der Waals surface area contributed by atoms with Gasteiger partial charge in [-0.1, -0.05) is 24.3 Å². The van der Waals surface area contributed by atoms with Gasteiger partial charge in [0.15, 0.2) is 5.65 Å². The van der Waals surface area contributed by atoms with Crippen molar-refractivity contribution in [1.29, 1.82) is 0 Å². The Morgan fingerprint density at radius 3 is 2.62 bits per heavy atom. The topological polar surface area (TPSA) is 114 Å². The SMILES string of the molecule is Cc1nc2c(c(C)c1CC(=O)N1Cc3ccccc3C[C@H]1C(N)=O)c(=O)[nH]n2C. The van der Waals surface area contributed by atoms with E-state index in [1.165, 1.54) is 0 Å². The summed E-state index contributed by atoms with van der Waals surface area (Å²) in [5.41, 5.74) is 10.1. The first-order valence-electron chi connectivity index (χ1n) is 9.48. The number of amides is 2. The average molecular weight is 393 g/mol. The number of carbonyl (C=O) groups excluding carboxylic acids is 2. The third-order valence-electron chi connectivity index (χ3n) is 5.80. The van der Waals surface area contributed by atoms with Crippen molar-refractivity contribution in [3.63, 3.8) is 0 Å². The Hall–Kier alpha value is -3.42. The molecule has 4 rings (SSSR count). The Kier molecular flexibility index (Phi) is 4.49. The molecule has 3 N–H and O–H groups in total. The van der Waals surface area contributed by atoms with Crippen molar-refractivity contribution in [3.8, 4) is 0 Å². The fourth-order valence-electron chi connectivity index (χ4n) is 4.20. The second kappa shape index (κ2) is 6.88. The number of pyridine rings is 1. The smallest absolute Gasteiger partial charge is 0.273 e. The Labute approximate surface area is 167 Å². The predicted octanol–water partition coefficient (Wildman–Crippen LogP) is 0.860. The molecule has 2 aromatic heterocycles. The molecule has 0 saturated carbocycles. The zero-order chi connectivity index (χ0) is 20.9. The molecule has 1 aliphatic heterocycles. The highest BCUT2D eigenvalue weighted by atomic mass is 16.2. The molecule has 0 fully saturated rings. The van der Waals surface area contributed by atoms with Crippen LogP contribution in [0.1, 0.15) is 27.9 Å². The number of fused-ring (bicyclic) bond motifs is 2. The van der Waals surface area contributed by atoms with E-state index in [2.05, 4.69) is 10.1 Å². The van der Waals surface area contributed by atoms with E-state index in [4.69, 9.17) is 5.73 Å². The number of hydrogen-bond donors (Lipinski definition) is 2. The number of rotatable bonds is 3. The molecule has 8 nitrogen and oxygen atoms in total. The van der Waals surface area contributed by atoms with Crippen LogP contribution in [0, 0.1) is 13.8 Å². The van der Waals surface area contributed by atoms with E-state index >= 15 is 0 Å². The van der Waals surface area contributed by atoms with Gasteiger partial charge in [0.2, 0.25) is 11.8 Å². The average Bonchev–Trinajstić information content (AvgIpc) is 2.97. The highest BCUT2D eigenvalue weighted by molar-refractivity contribution is 5.89. The predicted molar refractivity (Wildman–Crippen MR) is 108 cm³/mol. The summed E-state index contributed by atoms with van der Waals surface area (Å²) in [5.74, 6) is -0.725. The molecule has 150 valence electrons. The van der Waals surface area contributed by atoms with E-state index in [1.807, 2.05) is 38.1 Å². The lowest BCUT2D eigenvalue weighted by molar-refractivity contribution is -0.140. The first-order chi connectivity index (χ1) is 13.8. The second-order valence-corrected chi connectivity index (χ2v) is 7.59. The molecule has 8 heteroatoms. The van der Waals surface area contributed by atoms with Crippen molar-refractivity contribution in [2.75, 3.05) is 0 Å². The molecule has 0 spiro atoms. The van der Waals surface area contributed by atoms with Gasteiger partial charge in [0, 0.05) is 25.7 Å². The van der Waals surface area contributed by atoms with Crippen LogP contribution in [0.2, 0.25) is 0 Å². The van der Waals surface area contributed by atoms with Crippen LogP contribution in [0.4, 0.5) is 0 Å². The van der Waals surface area contributed by atoms with E-state index in [-0.39, 0.29) is 17.9 Å². The van der Waals surface area contributed by atoms with Crippen LogP contribution in [0.15, 0.2) is 29.1 Å². The summed E-state index contributed by atoms with van der Waals surface area (Å²) in [5, 5.41) is 3.19. The fourth-order valence-corrected chi connectivity index (χ4v) is 4.20. The van der Waals surface area contributed by atoms with E-state index < -0.39 is 11.9 Å². The largest absolute Gasteiger partial charge is 0.368 e. The van der Waals surface area contributed by atoms with Crippen molar-refractivity contribution in [3.05, 3.63) is 62.6 Å². The monoisotopic (exact) mass is 393 g/mol. The van der Waals surface area contributed by atoms with Gasteiger partial charge in [0.1, 0.15) is 6.04 Å². The third kappa shape index (κ3) is 3.10. The Bertz CT molecular complexity index is 1210. The number of nitrogens with one attached hydrogen (secondary N) is 1. The zero-order valence-corrected chi connectivity index (χ0v) is 16.7. The Morgan fingerprint density at radius 1 is 1.24 bits per heavy atom.